The summed E-state index contributed by atoms with van der Waals surface area (Å²) in [5, 5.41) is 15.1. The summed E-state index contributed by atoms with van der Waals surface area (Å²) in [5.41, 5.74) is 1.48. The highest BCUT2D eigenvalue weighted by Gasteiger charge is 2.42. The van der Waals surface area contributed by atoms with Crippen molar-refractivity contribution in [2.75, 3.05) is 11.9 Å². The molecule has 0 radical (unpaired) electrons. The van der Waals surface area contributed by atoms with Crippen LogP contribution < -0.4 is 10.6 Å². The van der Waals surface area contributed by atoms with Crippen molar-refractivity contribution in [1.29, 1.82) is 5.26 Å². The Morgan fingerprint density at radius 2 is 1.79 bits per heavy atom. The predicted molar refractivity (Wildman–Crippen MR) is 123 cm³/mol. The van der Waals surface area contributed by atoms with E-state index >= 15 is 0 Å². The lowest BCUT2D eigenvalue weighted by Crippen LogP contribution is -2.56. The van der Waals surface area contributed by atoms with Crippen LogP contribution in [0.1, 0.15) is 61.4 Å². The third-order valence-electron chi connectivity index (χ3n) is 6.30. The van der Waals surface area contributed by atoms with Crippen LogP contribution in [0.15, 0.2) is 24.3 Å². The summed E-state index contributed by atoms with van der Waals surface area (Å²) in [4.78, 5) is 37.2. The first-order valence-electron chi connectivity index (χ1n) is 11.3. The maximum absolute atomic E-state index is 13.3. The van der Waals surface area contributed by atoms with Gasteiger partial charge in [-0.05, 0) is 49.9 Å². The van der Waals surface area contributed by atoms with Gasteiger partial charge < -0.3 is 19.9 Å². The van der Waals surface area contributed by atoms with E-state index in [0.29, 0.717) is 30.5 Å². The Labute approximate surface area is 198 Å². The Morgan fingerprint density at radius 1 is 1.15 bits per heavy atom. The molecule has 1 aliphatic rings. The molecule has 1 heterocycles. The highest BCUT2D eigenvalue weighted by molar-refractivity contribution is 5.95. The lowest BCUT2D eigenvalue weighted by atomic mass is 9.81. The van der Waals surface area contributed by atoms with Gasteiger partial charge in [0.1, 0.15) is 23.2 Å². The van der Waals surface area contributed by atoms with Gasteiger partial charge in [0.25, 0.3) is 5.91 Å². The molecule has 1 fully saturated rings. The van der Waals surface area contributed by atoms with Crippen LogP contribution >= 0.6 is 0 Å². The molecule has 0 spiro atoms. The fourth-order valence-electron chi connectivity index (χ4n) is 4.41. The number of benzene rings is 1. The molecule has 2 amide bonds. The number of nitriles is 1. The summed E-state index contributed by atoms with van der Waals surface area (Å²) in [5.74, 6) is -1.63. The summed E-state index contributed by atoms with van der Waals surface area (Å²) in [7, 11) is 0. The highest BCUT2D eigenvalue weighted by atomic mass is 19.1. The molecule has 1 saturated carbocycles. The number of hydrogen-bond acceptors (Lipinski definition) is 5. The van der Waals surface area contributed by atoms with Crippen molar-refractivity contribution in [2.45, 2.75) is 65.0 Å². The van der Waals surface area contributed by atoms with Gasteiger partial charge >= 0.3 is 5.97 Å². The third-order valence-corrected chi connectivity index (χ3v) is 6.30. The molecule has 180 valence electrons. The number of aromatic nitrogens is 1. The van der Waals surface area contributed by atoms with Crippen LogP contribution in [0.25, 0.3) is 0 Å². The van der Waals surface area contributed by atoms with E-state index in [1.807, 2.05) is 6.92 Å². The zero-order valence-corrected chi connectivity index (χ0v) is 19.7. The van der Waals surface area contributed by atoms with Crippen molar-refractivity contribution in [3.05, 3.63) is 52.5 Å². The fraction of sp³-hybridized carbons (Fsp3) is 0.440. The van der Waals surface area contributed by atoms with Crippen LogP contribution in [0.5, 0.6) is 0 Å². The molecule has 1 aliphatic carbocycles. The molecule has 3 rings (SSSR count). The molecule has 9 heteroatoms. The molecular formula is C25H29FN4O4. The van der Waals surface area contributed by atoms with E-state index < -0.39 is 24.0 Å². The van der Waals surface area contributed by atoms with Gasteiger partial charge in [0, 0.05) is 19.2 Å². The van der Waals surface area contributed by atoms with E-state index in [0.717, 1.165) is 30.5 Å². The Balaban J connectivity index is 1.75. The van der Waals surface area contributed by atoms with E-state index in [1.54, 1.807) is 23.6 Å². The van der Waals surface area contributed by atoms with E-state index in [1.165, 1.54) is 19.1 Å². The molecule has 2 N–H and O–H groups in total. The van der Waals surface area contributed by atoms with E-state index in [-0.39, 0.29) is 17.5 Å². The molecule has 1 aromatic heterocycles. The Bertz CT molecular complexity index is 1130. The molecule has 0 unspecified atom stereocenters. The Kier molecular flexibility index (Phi) is 7.72. The lowest BCUT2D eigenvalue weighted by Gasteiger charge is -2.35. The van der Waals surface area contributed by atoms with Gasteiger partial charge in [0.2, 0.25) is 5.91 Å². The predicted octanol–water partition coefficient (Wildman–Crippen LogP) is 3.48. The molecule has 0 aliphatic heterocycles. The first-order chi connectivity index (χ1) is 16.2. The van der Waals surface area contributed by atoms with Gasteiger partial charge in [-0.15, -0.1) is 0 Å². The van der Waals surface area contributed by atoms with E-state index in [4.69, 9.17) is 4.74 Å². The van der Waals surface area contributed by atoms with Crippen LogP contribution in [-0.4, -0.2) is 34.5 Å². The number of nitrogens with one attached hydrogen (secondary N) is 2. The minimum absolute atomic E-state index is 0.289. The lowest BCUT2D eigenvalue weighted by molar-refractivity contribution is -0.157. The second-order valence-corrected chi connectivity index (χ2v) is 8.71. The number of nitrogens with zero attached hydrogens (tertiary/aromatic N) is 2. The topological polar surface area (TPSA) is 113 Å². The second kappa shape index (κ2) is 10.5. The normalized spacial score (nSPS) is 14.7. The van der Waals surface area contributed by atoms with Crippen LogP contribution in [0.2, 0.25) is 0 Å². The number of carbonyl (C=O) groups excluding carboxylic acids is 3. The zero-order valence-electron chi connectivity index (χ0n) is 19.7. The van der Waals surface area contributed by atoms with Gasteiger partial charge in [-0.1, -0.05) is 31.4 Å². The molecule has 2 aromatic rings. The maximum atomic E-state index is 13.3. The minimum Gasteiger partial charge on any atom is -0.454 e. The van der Waals surface area contributed by atoms with E-state index in [2.05, 4.69) is 16.7 Å². The van der Waals surface area contributed by atoms with E-state index in [9.17, 15) is 24.0 Å². The average Bonchev–Trinajstić information content (AvgIpc) is 3.02. The molecule has 0 saturated heterocycles. The number of amides is 2. The molecular weight excluding hydrogens is 439 g/mol. The largest absolute Gasteiger partial charge is 0.454 e. The van der Waals surface area contributed by atoms with Crippen LogP contribution in [0.4, 0.5) is 10.2 Å². The monoisotopic (exact) mass is 468 g/mol. The first-order valence-corrected chi connectivity index (χ1v) is 11.3. The standard InChI is InChI=1S/C25H29FN4O4/c1-16-17(2)30(14-19-7-9-20(26)10-8-19)23(21(16)13-27)28-22(32)15-34-24(33)25(29-18(3)31)11-5-4-6-12-25/h7-10H,4-6,11-12,14-15H2,1-3H3,(H,28,32)(H,29,31). The minimum atomic E-state index is -1.11. The summed E-state index contributed by atoms with van der Waals surface area (Å²) < 4.78 is 20.4. The van der Waals surface area contributed by atoms with Gasteiger partial charge in [0.05, 0.1) is 5.56 Å². The molecule has 34 heavy (non-hydrogen) atoms. The van der Waals surface area contributed by atoms with Gasteiger partial charge in [-0.25, -0.2) is 9.18 Å². The van der Waals surface area contributed by atoms with Crippen molar-refractivity contribution in [1.82, 2.24) is 9.88 Å². The van der Waals surface area contributed by atoms with Crippen LogP contribution in [0, 0.1) is 31.0 Å². The van der Waals surface area contributed by atoms with Crippen molar-refractivity contribution >= 4 is 23.6 Å². The maximum Gasteiger partial charge on any atom is 0.332 e. The number of hydrogen-bond donors (Lipinski definition) is 2. The van der Waals surface area contributed by atoms with Crippen LogP contribution in [0.3, 0.4) is 0 Å². The van der Waals surface area contributed by atoms with Crippen molar-refractivity contribution in [3.8, 4) is 6.07 Å². The van der Waals surface area contributed by atoms with Gasteiger partial charge in [-0.3, -0.25) is 9.59 Å². The molecule has 0 bridgehead atoms. The smallest absolute Gasteiger partial charge is 0.332 e. The fourth-order valence-corrected chi connectivity index (χ4v) is 4.41. The van der Waals surface area contributed by atoms with Crippen LogP contribution in [-0.2, 0) is 25.7 Å². The number of ether oxygens (including phenoxy) is 1. The quantitative estimate of drug-likeness (QED) is 0.604. The van der Waals surface area contributed by atoms with Crippen molar-refractivity contribution < 1.29 is 23.5 Å². The number of anilines is 1. The third kappa shape index (κ3) is 5.45. The van der Waals surface area contributed by atoms with Gasteiger partial charge in [0.15, 0.2) is 6.61 Å². The van der Waals surface area contributed by atoms with Gasteiger partial charge in [-0.2, -0.15) is 5.26 Å². The SMILES string of the molecule is CC(=O)NC1(C(=O)OCC(=O)Nc2c(C#N)c(C)c(C)n2Cc2ccc(F)cc2)CCCCC1. The molecule has 8 nitrogen and oxygen atoms in total. The summed E-state index contributed by atoms with van der Waals surface area (Å²) in [6, 6.07) is 8.08. The second-order valence-electron chi connectivity index (χ2n) is 8.71. The summed E-state index contributed by atoms with van der Waals surface area (Å²) in [6.07, 6.45) is 3.45. The van der Waals surface area contributed by atoms with Crippen molar-refractivity contribution in [3.63, 3.8) is 0 Å². The zero-order chi connectivity index (χ0) is 24.9. The molecule has 0 atom stereocenters. The number of carbonyl (C=O) groups is 3. The number of esters is 1. The Hall–Kier alpha value is -3.67. The Morgan fingerprint density at radius 3 is 2.38 bits per heavy atom. The van der Waals surface area contributed by atoms with Crippen molar-refractivity contribution in [2.24, 2.45) is 0 Å². The summed E-state index contributed by atoms with van der Waals surface area (Å²) >= 11 is 0. The summed E-state index contributed by atoms with van der Waals surface area (Å²) in [6.45, 7) is 4.72. The average molecular weight is 469 g/mol. The number of rotatable bonds is 7. The highest BCUT2D eigenvalue weighted by Crippen LogP contribution is 2.30. The number of halogens is 1. The molecule has 1 aromatic carbocycles. The first kappa shape index (κ1) is 25.0.